The van der Waals surface area contributed by atoms with Crippen LogP contribution in [0.15, 0.2) is 78.4 Å². The van der Waals surface area contributed by atoms with Crippen LogP contribution >= 0.6 is 0 Å². The summed E-state index contributed by atoms with van der Waals surface area (Å²) in [5.74, 6) is 0.133. The summed E-state index contributed by atoms with van der Waals surface area (Å²) in [6, 6.07) is 20.6. The number of hydrogen-bond acceptors (Lipinski definition) is 5. The average Bonchev–Trinajstić information content (AvgIpc) is 3.28. The molecule has 2 bridgehead atoms. The Kier molecular flexibility index (Phi) is 7.81. The minimum atomic E-state index is -0.501. The quantitative estimate of drug-likeness (QED) is 0.390. The molecule has 202 valence electrons. The second kappa shape index (κ2) is 11.6. The number of fused-ring (bicyclic) bond motifs is 2. The number of carbonyl (C=O) groups is 2. The molecule has 1 N–H and O–H groups in total. The molecule has 0 saturated carbocycles. The van der Waals surface area contributed by atoms with Crippen LogP contribution in [0.3, 0.4) is 0 Å². The number of nitrogens with zero attached hydrogens (tertiary/aromatic N) is 1. The molecule has 39 heavy (non-hydrogen) atoms. The van der Waals surface area contributed by atoms with Crippen LogP contribution in [0.25, 0.3) is 5.57 Å². The maximum absolute atomic E-state index is 14.3. The smallest absolute Gasteiger partial charge is 0.336 e. The Morgan fingerprint density at radius 3 is 2.54 bits per heavy atom. The van der Waals surface area contributed by atoms with Crippen LogP contribution in [0.2, 0.25) is 0 Å². The van der Waals surface area contributed by atoms with Gasteiger partial charge in [-0.05, 0) is 60.2 Å². The molecule has 2 heterocycles. The van der Waals surface area contributed by atoms with Crippen molar-refractivity contribution >= 4 is 17.6 Å². The van der Waals surface area contributed by atoms with Gasteiger partial charge in [0.05, 0.1) is 25.8 Å². The summed E-state index contributed by atoms with van der Waals surface area (Å²) in [5.41, 5.74) is 3.63. The Bertz CT molecular complexity index is 1390. The molecular formula is C31H31FN2O5. The molecular weight excluding hydrogens is 499 g/mol. The molecule has 0 spiro atoms. The Morgan fingerprint density at radius 2 is 1.77 bits per heavy atom. The summed E-state index contributed by atoms with van der Waals surface area (Å²) < 4.78 is 30.8. The molecule has 2 atom stereocenters. The summed E-state index contributed by atoms with van der Waals surface area (Å²) in [4.78, 5) is 28.3. The van der Waals surface area contributed by atoms with Gasteiger partial charge in [-0.2, -0.15) is 0 Å². The molecule has 2 amide bonds. The Morgan fingerprint density at radius 1 is 0.974 bits per heavy atom. The minimum Gasteiger partial charge on any atom is -0.497 e. The van der Waals surface area contributed by atoms with E-state index in [4.69, 9.17) is 14.2 Å². The molecule has 3 aromatic carbocycles. The Hall–Kier alpha value is -4.33. The lowest BCUT2D eigenvalue weighted by atomic mass is 9.88. The van der Waals surface area contributed by atoms with Crippen LogP contribution in [0.4, 0.5) is 9.18 Å². The number of halogens is 1. The lowest BCUT2D eigenvalue weighted by Crippen LogP contribution is -2.50. The third kappa shape index (κ3) is 5.60. The van der Waals surface area contributed by atoms with Crippen LogP contribution < -0.4 is 14.8 Å². The van der Waals surface area contributed by atoms with Crippen molar-refractivity contribution in [3.05, 3.63) is 101 Å². The number of amides is 2. The van der Waals surface area contributed by atoms with E-state index in [-0.39, 0.29) is 18.7 Å². The number of benzene rings is 3. The normalized spacial score (nSPS) is 18.1. The van der Waals surface area contributed by atoms with Gasteiger partial charge in [-0.1, -0.05) is 42.5 Å². The van der Waals surface area contributed by atoms with Crippen LogP contribution in [-0.2, 0) is 22.7 Å². The van der Waals surface area contributed by atoms with Crippen molar-refractivity contribution in [3.8, 4) is 11.5 Å². The molecule has 0 aliphatic carbocycles. The number of urea groups is 1. The van der Waals surface area contributed by atoms with E-state index in [1.54, 1.807) is 18.1 Å². The first-order valence-electron chi connectivity index (χ1n) is 13.0. The second-order valence-corrected chi connectivity index (χ2v) is 9.67. The molecule has 1 fully saturated rings. The van der Waals surface area contributed by atoms with Gasteiger partial charge in [0.25, 0.3) is 0 Å². The van der Waals surface area contributed by atoms with E-state index < -0.39 is 17.8 Å². The lowest BCUT2D eigenvalue weighted by Gasteiger charge is -2.37. The highest BCUT2D eigenvalue weighted by molar-refractivity contribution is 6.01. The number of methoxy groups -OCH3 is 2. The summed E-state index contributed by atoms with van der Waals surface area (Å²) in [7, 11) is 2.93. The van der Waals surface area contributed by atoms with E-state index >= 15 is 0 Å². The van der Waals surface area contributed by atoms with E-state index in [0.29, 0.717) is 42.0 Å². The van der Waals surface area contributed by atoms with Crippen molar-refractivity contribution in [2.45, 2.75) is 44.5 Å². The summed E-state index contributed by atoms with van der Waals surface area (Å²) in [6.45, 7) is 0.579. The summed E-state index contributed by atoms with van der Waals surface area (Å²) >= 11 is 0. The summed E-state index contributed by atoms with van der Waals surface area (Å²) in [6.07, 6.45) is 1.80. The fourth-order valence-corrected chi connectivity index (χ4v) is 5.50. The SMILES string of the molecule is COC(=O)C1=C(c2ccc(F)cc2OCc2ccccc2)C[C@@H]2CC[C@H]1N2C(=O)NCc1cccc(OC)c1. The standard InChI is InChI=1S/C31H31FN2O5/c1-37-24-10-6-9-21(15-24)18-33-31(36)34-23-12-14-27(34)29(30(35)38-2)26(17-23)25-13-11-22(32)16-28(25)39-19-20-7-4-3-5-8-20/h3-11,13,15-16,23,27H,12,14,17-19H2,1-2H3,(H,33,36)/t23-,27+/m0/s1. The first kappa shape index (κ1) is 26.3. The van der Waals surface area contributed by atoms with Crippen LogP contribution in [0.5, 0.6) is 11.5 Å². The van der Waals surface area contributed by atoms with E-state index in [1.165, 1.54) is 19.2 Å². The Balaban J connectivity index is 1.43. The van der Waals surface area contributed by atoms with Crippen molar-refractivity contribution in [1.82, 2.24) is 10.2 Å². The molecule has 2 aliphatic heterocycles. The van der Waals surface area contributed by atoms with Gasteiger partial charge in [0, 0.05) is 24.2 Å². The predicted molar refractivity (Wildman–Crippen MR) is 145 cm³/mol. The zero-order valence-electron chi connectivity index (χ0n) is 22.0. The van der Waals surface area contributed by atoms with Crippen molar-refractivity contribution in [2.24, 2.45) is 0 Å². The van der Waals surface area contributed by atoms with Crippen molar-refractivity contribution in [2.75, 3.05) is 14.2 Å². The van der Waals surface area contributed by atoms with Gasteiger partial charge in [-0.15, -0.1) is 0 Å². The molecule has 5 rings (SSSR count). The predicted octanol–water partition coefficient (Wildman–Crippen LogP) is 5.49. The van der Waals surface area contributed by atoms with E-state index in [2.05, 4.69) is 5.32 Å². The first-order chi connectivity index (χ1) is 19.0. The van der Waals surface area contributed by atoms with E-state index in [9.17, 15) is 14.0 Å². The first-order valence-corrected chi connectivity index (χ1v) is 13.0. The molecule has 0 aromatic heterocycles. The maximum Gasteiger partial charge on any atom is 0.336 e. The number of nitrogens with one attached hydrogen (secondary N) is 1. The highest BCUT2D eigenvalue weighted by Gasteiger charge is 2.47. The number of esters is 1. The second-order valence-electron chi connectivity index (χ2n) is 9.67. The van der Waals surface area contributed by atoms with Crippen LogP contribution in [0.1, 0.15) is 36.0 Å². The molecule has 7 nitrogen and oxygen atoms in total. The fraction of sp³-hybridized carbons (Fsp3) is 0.290. The van der Waals surface area contributed by atoms with Gasteiger partial charge in [-0.3, -0.25) is 0 Å². The lowest BCUT2D eigenvalue weighted by molar-refractivity contribution is -0.136. The van der Waals surface area contributed by atoms with E-state index in [1.807, 2.05) is 54.6 Å². The van der Waals surface area contributed by atoms with Gasteiger partial charge < -0.3 is 24.4 Å². The largest absolute Gasteiger partial charge is 0.497 e. The third-order valence-electron chi connectivity index (χ3n) is 7.32. The zero-order chi connectivity index (χ0) is 27.4. The van der Waals surface area contributed by atoms with Crippen molar-refractivity contribution in [1.29, 1.82) is 0 Å². The average molecular weight is 531 g/mol. The highest BCUT2D eigenvalue weighted by Crippen LogP contribution is 2.45. The molecule has 8 heteroatoms. The minimum absolute atomic E-state index is 0.115. The van der Waals surface area contributed by atoms with Gasteiger partial charge >= 0.3 is 12.0 Å². The Labute approximate surface area is 227 Å². The van der Waals surface area contributed by atoms with E-state index in [0.717, 1.165) is 23.1 Å². The number of hydrogen-bond donors (Lipinski definition) is 1. The van der Waals surface area contributed by atoms with Crippen LogP contribution in [0, 0.1) is 5.82 Å². The molecule has 0 radical (unpaired) electrons. The van der Waals surface area contributed by atoms with Crippen LogP contribution in [-0.4, -0.2) is 43.2 Å². The topological polar surface area (TPSA) is 77.1 Å². The molecule has 1 saturated heterocycles. The van der Waals surface area contributed by atoms with Crippen molar-refractivity contribution < 1.29 is 28.2 Å². The zero-order valence-corrected chi connectivity index (χ0v) is 22.0. The van der Waals surface area contributed by atoms with Gasteiger partial charge in [0.15, 0.2) is 0 Å². The molecule has 2 aliphatic rings. The molecule has 3 aromatic rings. The van der Waals surface area contributed by atoms with Crippen molar-refractivity contribution in [3.63, 3.8) is 0 Å². The number of carbonyl (C=O) groups excluding carboxylic acids is 2. The van der Waals surface area contributed by atoms with Gasteiger partial charge in [0.2, 0.25) is 0 Å². The van der Waals surface area contributed by atoms with Gasteiger partial charge in [-0.25, -0.2) is 14.0 Å². The fourth-order valence-electron chi connectivity index (χ4n) is 5.50. The highest BCUT2D eigenvalue weighted by atomic mass is 19.1. The number of rotatable bonds is 8. The monoisotopic (exact) mass is 530 g/mol. The molecule has 0 unspecified atom stereocenters. The number of ether oxygens (including phenoxy) is 3. The maximum atomic E-state index is 14.3. The summed E-state index contributed by atoms with van der Waals surface area (Å²) in [5, 5.41) is 2.99. The third-order valence-corrected chi connectivity index (χ3v) is 7.32. The van der Waals surface area contributed by atoms with Gasteiger partial charge in [0.1, 0.15) is 23.9 Å².